The molecule has 6 heteroatoms. The molecule has 4 rings (SSSR count). The largest absolute Gasteiger partial charge is 0.378 e. The molecule has 0 heterocycles. The van der Waals surface area contributed by atoms with E-state index in [1.807, 2.05) is 0 Å². The van der Waals surface area contributed by atoms with Crippen molar-refractivity contribution in [3.05, 3.63) is 60.2 Å². The summed E-state index contributed by atoms with van der Waals surface area (Å²) in [5, 5.41) is 8.56. The van der Waals surface area contributed by atoms with Crippen molar-refractivity contribution in [2.24, 2.45) is 11.5 Å². The molecule has 0 spiro atoms. The van der Waals surface area contributed by atoms with E-state index in [9.17, 15) is 0 Å². The molecule has 0 bridgehead atoms. The van der Waals surface area contributed by atoms with Crippen molar-refractivity contribution in [2.75, 3.05) is 21.3 Å². The third-order valence-corrected chi connectivity index (χ3v) is 6.44. The first-order chi connectivity index (χ1) is 14.6. The molecule has 6 atom stereocenters. The fourth-order valence-electron chi connectivity index (χ4n) is 4.97. The van der Waals surface area contributed by atoms with Gasteiger partial charge in [-0.05, 0) is 33.2 Å². The second-order valence-electron chi connectivity index (χ2n) is 7.96. The number of nitrogens with one attached hydrogen (secondary N) is 1. The average Bonchev–Trinajstić information content (AvgIpc) is 2.77. The monoisotopic (exact) mass is 409 g/mol. The van der Waals surface area contributed by atoms with Gasteiger partial charge in [0.05, 0.1) is 36.4 Å². The summed E-state index contributed by atoms with van der Waals surface area (Å²) >= 11 is 0. The molecule has 160 valence electrons. The molecular weight excluding hydrogens is 378 g/mol. The minimum absolute atomic E-state index is 0.172. The molecule has 2 unspecified atom stereocenters. The highest BCUT2D eigenvalue weighted by Crippen LogP contribution is 2.30. The third-order valence-electron chi connectivity index (χ3n) is 6.44. The lowest BCUT2D eigenvalue weighted by atomic mass is 9.80. The van der Waals surface area contributed by atoms with Gasteiger partial charge in [-0.25, -0.2) is 0 Å². The molecule has 1 fully saturated rings. The molecule has 3 aromatic rings. The highest BCUT2D eigenvalue weighted by Gasteiger charge is 2.49. The standard InChI is InChI=1S/C24H31N3O3/c1-28-22-19(25)23(29-2)21(24(30-3)20(22)26)27-13-18-16-10-6-4-8-14(16)12-15-9-5-7-11-17(15)18/h4-12,19-24,27H,13,25-26H2,1-3H3/t19-,20+,21?,22?,23-,24+. The zero-order chi connectivity index (χ0) is 21.3. The molecule has 3 aromatic carbocycles. The van der Waals surface area contributed by atoms with E-state index in [2.05, 4.69) is 59.9 Å². The molecule has 0 saturated heterocycles. The molecular formula is C24H31N3O3. The number of hydrogen-bond acceptors (Lipinski definition) is 6. The number of nitrogens with two attached hydrogens (primary N) is 2. The summed E-state index contributed by atoms with van der Waals surface area (Å²) in [4.78, 5) is 0. The first-order valence-corrected chi connectivity index (χ1v) is 10.3. The van der Waals surface area contributed by atoms with E-state index in [0.717, 1.165) is 0 Å². The van der Waals surface area contributed by atoms with Gasteiger partial charge < -0.3 is 31.0 Å². The minimum atomic E-state index is -0.358. The van der Waals surface area contributed by atoms with E-state index >= 15 is 0 Å². The van der Waals surface area contributed by atoms with Gasteiger partial charge >= 0.3 is 0 Å². The van der Waals surface area contributed by atoms with Crippen LogP contribution in [0.5, 0.6) is 0 Å². The summed E-state index contributed by atoms with van der Waals surface area (Å²) in [5.41, 5.74) is 14.2. The van der Waals surface area contributed by atoms with Crippen LogP contribution in [0.2, 0.25) is 0 Å². The quantitative estimate of drug-likeness (QED) is 0.541. The van der Waals surface area contributed by atoms with E-state index in [4.69, 9.17) is 25.7 Å². The zero-order valence-corrected chi connectivity index (χ0v) is 17.7. The van der Waals surface area contributed by atoms with E-state index in [1.54, 1.807) is 21.3 Å². The highest BCUT2D eigenvalue weighted by molar-refractivity contribution is 6.02. The molecule has 0 aromatic heterocycles. The highest BCUT2D eigenvalue weighted by atomic mass is 16.5. The predicted molar refractivity (Wildman–Crippen MR) is 120 cm³/mol. The molecule has 5 N–H and O–H groups in total. The summed E-state index contributed by atoms with van der Waals surface area (Å²) in [6, 6.07) is 18.3. The molecule has 6 nitrogen and oxygen atoms in total. The molecule has 1 aliphatic rings. The SMILES string of the molecule is COC1[C@@H](N)[C@@H](OC)C(NCc2c3ccccc3cc3ccccc23)[C@@H](OC)[C@H]1N. The van der Waals surface area contributed by atoms with Crippen LogP contribution in [0, 0.1) is 0 Å². The maximum absolute atomic E-state index is 6.47. The van der Waals surface area contributed by atoms with Crippen LogP contribution < -0.4 is 16.8 Å². The Morgan fingerprint density at radius 3 is 1.67 bits per heavy atom. The van der Waals surface area contributed by atoms with E-state index in [1.165, 1.54) is 27.1 Å². The number of methoxy groups -OCH3 is 3. The van der Waals surface area contributed by atoms with E-state index in [0.29, 0.717) is 6.54 Å². The van der Waals surface area contributed by atoms with Crippen LogP contribution in [-0.4, -0.2) is 57.8 Å². The Balaban J connectivity index is 1.71. The molecule has 1 aliphatic carbocycles. The first-order valence-electron chi connectivity index (χ1n) is 10.3. The number of rotatable bonds is 6. The van der Waals surface area contributed by atoms with Crippen LogP contribution in [0.25, 0.3) is 21.5 Å². The minimum Gasteiger partial charge on any atom is -0.378 e. The second-order valence-corrected chi connectivity index (χ2v) is 7.96. The zero-order valence-electron chi connectivity index (χ0n) is 17.7. The van der Waals surface area contributed by atoms with Gasteiger partial charge in [-0.15, -0.1) is 0 Å². The summed E-state index contributed by atoms with van der Waals surface area (Å²) in [6.07, 6.45) is -0.918. The maximum Gasteiger partial charge on any atom is 0.0926 e. The Hall–Kier alpha value is -2.06. The van der Waals surface area contributed by atoms with Gasteiger partial charge in [0.15, 0.2) is 0 Å². The molecule has 1 saturated carbocycles. The Morgan fingerprint density at radius 2 is 1.20 bits per heavy atom. The van der Waals surface area contributed by atoms with Gasteiger partial charge in [-0.2, -0.15) is 0 Å². The summed E-state index contributed by atoms with van der Waals surface area (Å²) in [7, 11) is 4.96. The van der Waals surface area contributed by atoms with E-state index in [-0.39, 0.29) is 36.4 Å². The molecule has 0 radical (unpaired) electrons. The van der Waals surface area contributed by atoms with Gasteiger partial charge in [0.1, 0.15) is 0 Å². The third kappa shape index (κ3) is 3.60. The van der Waals surface area contributed by atoms with Crippen LogP contribution in [0.1, 0.15) is 5.56 Å². The van der Waals surface area contributed by atoms with Crippen LogP contribution in [0.3, 0.4) is 0 Å². The van der Waals surface area contributed by atoms with Gasteiger partial charge in [0, 0.05) is 27.9 Å². The summed E-state index contributed by atoms with van der Waals surface area (Å²) < 4.78 is 17.1. The van der Waals surface area contributed by atoms with Crippen molar-refractivity contribution in [1.29, 1.82) is 0 Å². The van der Waals surface area contributed by atoms with Crippen LogP contribution in [0.4, 0.5) is 0 Å². The van der Waals surface area contributed by atoms with Crippen molar-refractivity contribution in [1.82, 2.24) is 5.32 Å². The Morgan fingerprint density at radius 1 is 0.733 bits per heavy atom. The van der Waals surface area contributed by atoms with Crippen molar-refractivity contribution in [3.63, 3.8) is 0 Å². The van der Waals surface area contributed by atoms with Crippen molar-refractivity contribution in [2.45, 2.75) is 43.0 Å². The number of ether oxygens (including phenoxy) is 3. The topological polar surface area (TPSA) is 91.8 Å². The number of fused-ring (bicyclic) bond motifs is 2. The second kappa shape index (κ2) is 8.98. The van der Waals surface area contributed by atoms with Gasteiger partial charge in [0.2, 0.25) is 0 Å². The van der Waals surface area contributed by atoms with Crippen LogP contribution >= 0.6 is 0 Å². The van der Waals surface area contributed by atoms with Gasteiger partial charge in [0.25, 0.3) is 0 Å². The van der Waals surface area contributed by atoms with Crippen LogP contribution in [-0.2, 0) is 20.8 Å². The van der Waals surface area contributed by atoms with Crippen molar-refractivity contribution in [3.8, 4) is 0 Å². The smallest absolute Gasteiger partial charge is 0.0926 e. The molecule has 0 aliphatic heterocycles. The van der Waals surface area contributed by atoms with Crippen molar-refractivity contribution >= 4 is 21.5 Å². The summed E-state index contributed by atoms with van der Waals surface area (Å²) in [5.74, 6) is 0. The van der Waals surface area contributed by atoms with Crippen molar-refractivity contribution < 1.29 is 14.2 Å². The first kappa shape index (κ1) is 21.2. The number of benzene rings is 3. The van der Waals surface area contributed by atoms with Gasteiger partial charge in [-0.3, -0.25) is 0 Å². The fourth-order valence-corrected chi connectivity index (χ4v) is 4.97. The maximum atomic E-state index is 6.47. The van der Waals surface area contributed by atoms with Gasteiger partial charge in [-0.1, -0.05) is 48.5 Å². The normalized spacial score (nSPS) is 29.5. The Bertz CT molecular complexity index is 939. The Labute approximate surface area is 177 Å². The molecule has 30 heavy (non-hydrogen) atoms. The Kier molecular flexibility index (Phi) is 6.34. The number of hydrogen-bond donors (Lipinski definition) is 3. The summed E-state index contributed by atoms with van der Waals surface area (Å²) in [6.45, 7) is 0.642. The lowest BCUT2D eigenvalue weighted by molar-refractivity contribution is -0.116. The van der Waals surface area contributed by atoms with Crippen LogP contribution in [0.15, 0.2) is 54.6 Å². The average molecular weight is 410 g/mol. The lowest BCUT2D eigenvalue weighted by Gasteiger charge is -2.47. The lowest BCUT2D eigenvalue weighted by Crippen LogP contribution is -2.73. The van der Waals surface area contributed by atoms with E-state index < -0.39 is 0 Å². The fraction of sp³-hybridized carbons (Fsp3) is 0.417. The predicted octanol–water partition coefficient (Wildman–Crippen LogP) is 2.16. The molecule has 0 amide bonds.